The van der Waals surface area contributed by atoms with Crippen LogP contribution in [0.3, 0.4) is 0 Å². The van der Waals surface area contributed by atoms with Gasteiger partial charge in [0.05, 0.1) is 0 Å². The molecule has 0 saturated carbocycles. The predicted molar refractivity (Wildman–Crippen MR) is 69.5 cm³/mol. The Hall–Kier alpha value is -1.46. The Labute approximate surface area is 113 Å². The van der Waals surface area contributed by atoms with E-state index in [1.54, 1.807) is 48.5 Å². The third-order valence-electron chi connectivity index (χ3n) is 2.44. The fraction of sp³-hybridized carbons (Fsp3) is 0.143. The summed E-state index contributed by atoms with van der Waals surface area (Å²) in [5.74, 6) is 0. The van der Waals surface area contributed by atoms with Crippen LogP contribution < -0.4 is 0 Å². The van der Waals surface area contributed by atoms with Gasteiger partial charge in [0, 0.05) is 0 Å². The number of alkyl halides is 3. The van der Waals surface area contributed by atoms with E-state index in [0.717, 1.165) is 0 Å². The Morgan fingerprint density at radius 3 is 1.58 bits per heavy atom. The molecule has 0 aliphatic carbocycles. The van der Waals surface area contributed by atoms with E-state index in [9.17, 15) is 13.2 Å². The molecule has 0 heterocycles. The number of hydrogen-bond donors (Lipinski definition) is 0. The zero-order valence-electron chi connectivity index (χ0n) is 9.80. The van der Waals surface area contributed by atoms with Crippen LogP contribution in [0.5, 0.6) is 0 Å². The van der Waals surface area contributed by atoms with Gasteiger partial charge in [-0.25, -0.2) is 0 Å². The molecule has 0 fully saturated rings. The maximum atomic E-state index is 12.3. The maximum absolute atomic E-state index is 12.3. The minimum absolute atomic E-state index is 0.469. The quantitative estimate of drug-likeness (QED) is 0.734. The van der Waals surface area contributed by atoms with Crippen molar-refractivity contribution in [1.29, 1.82) is 0 Å². The minimum Gasteiger partial charge on any atom is -0.295 e. The van der Waals surface area contributed by atoms with Crippen LogP contribution in [0.25, 0.3) is 0 Å². The van der Waals surface area contributed by atoms with Crippen LogP contribution in [0, 0.1) is 0 Å². The largest absolute Gasteiger partial charge is 0.468 e. The fourth-order valence-corrected chi connectivity index (χ4v) is 2.09. The number of benzene rings is 2. The lowest BCUT2D eigenvalue weighted by Crippen LogP contribution is -2.07. The summed E-state index contributed by atoms with van der Waals surface area (Å²) in [5, 5.41) is 0. The molecule has 1 nitrogen and oxygen atoms in total. The van der Waals surface area contributed by atoms with Gasteiger partial charge in [0.15, 0.2) is 0 Å². The molecule has 2 rings (SSSR count). The van der Waals surface area contributed by atoms with Crippen molar-refractivity contribution >= 4 is 12.0 Å². The van der Waals surface area contributed by atoms with E-state index in [0.29, 0.717) is 11.1 Å². The summed E-state index contributed by atoms with van der Waals surface area (Å²) >= 11 is -0.469. The first-order valence-electron chi connectivity index (χ1n) is 5.57. The molecule has 0 amide bonds. The minimum atomic E-state index is -4.41. The van der Waals surface area contributed by atoms with Crippen molar-refractivity contribution in [3.63, 3.8) is 0 Å². The van der Waals surface area contributed by atoms with Crippen LogP contribution in [0.15, 0.2) is 60.7 Å². The second kappa shape index (κ2) is 6.12. The van der Waals surface area contributed by atoms with Gasteiger partial charge in [0.1, 0.15) is 18.1 Å². The summed E-state index contributed by atoms with van der Waals surface area (Å²) in [6, 6.07) is 17.7. The van der Waals surface area contributed by atoms with Gasteiger partial charge in [0.25, 0.3) is 0 Å². The number of hydrogen-bond acceptors (Lipinski definition) is 2. The second-order valence-corrected chi connectivity index (χ2v) is 4.65. The molecule has 0 bridgehead atoms. The van der Waals surface area contributed by atoms with E-state index >= 15 is 0 Å². The molecule has 0 aromatic heterocycles. The maximum Gasteiger partial charge on any atom is 0.468 e. The van der Waals surface area contributed by atoms with Gasteiger partial charge >= 0.3 is 5.51 Å². The molecule has 5 heteroatoms. The monoisotopic (exact) mass is 284 g/mol. The van der Waals surface area contributed by atoms with Crippen molar-refractivity contribution < 1.29 is 17.4 Å². The molecule has 0 saturated heterocycles. The molecule has 0 aliphatic heterocycles. The van der Waals surface area contributed by atoms with E-state index in [-0.39, 0.29) is 0 Å². The first-order chi connectivity index (χ1) is 9.06. The zero-order valence-corrected chi connectivity index (χ0v) is 10.6. The van der Waals surface area contributed by atoms with Crippen LogP contribution >= 0.6 is 12.0 Å². The van der Waals surface area contributed by atoms with Gasteiger partial charge in [-0.05, 0) is 11.1 Å². The van der Waals surface area contributed by atoms with Gasteiger partial charge in [0.2, 0.25) is 0 Å². The van der Waals surface area contributed by atoms with Crippen molar-refractivity contribution in [1.82, 2.24) is 0 Å². The third kappa shape index (κ3) is 4.29. The van der Waals surface area contributed by atoms with Crippen molar-refractivity contribution in [3.8, 4) is 0 Å². The summed E-state index contributed by atoms with van der Waals surface area (Å²) in [6.45, 7) is 0. The van der Waals surface area contributed by atoms with Crippen LogP contribution in [0.4, 0.5) is 13.2 Å². The van der Waals surface area contributed by atoms with Gasteiger partial charge in [-0.2, -0.15) is 13.2 Å². The zero-order chi connectivity index (χ0) is 13.7. The molecule has 2 aromatic rings. The third-order valence-corrected chi connectivity index (χ3v) is 2.92. The molecular weight excluding hydrogens is 273 g/mol. The summed E-state index contributed by atoms with van der Waals surface area (Å²) < 4.78 is 41.8. The Balaban J connectivity index is 2.24. The molecule has 0 spiro atoms. The fourth-order valence-electron chi connectivity index (χ4n) is 1.66. The van der Waals surface area contributed by atoms with E-state index in [4.69, 9.17) is 4.18 Å². The van der Waals surface area contributed by atoms with Crippen molar-refractivity contribution in [2.45, 2.75) is 11.6 Å². The first kappa shape index (κ1) is 14.0. The van der Waals surface area contributed by atoms with Crippen LogP contribution in [-0.4, -0.2) is 5.51 Å². The van der Waals surface area contributed by atoms with Gasteiger partial charge in [-0.15, -0.1) is 0 Å². The van der Waals surface area contributed by atoms with Gasteiger partial charge < -0.3 is 0 Å². The van der Waals surface area contributed by atoms with Crippen LogP contribution in [0.1, 0.15) is 17.2 Å². The molecule has 0 radical (unpaired) electrons. The van der Waals surface area contributed by atoms with Crippen molar-refractivity contribution in [3.05, 3.63) is 71.8 Å². The SMILES string of the molecule is FC(F)(F)SOC(c1ccccc1)c1ccccc1. The van der Waals surface area contributed by atoms with Gasteiger partial charge in [-0.3, -0.25) is 4.18 Å². The van der Waals surface area contributed by atoms with Gasteiger partial charge in [-0.1, -0.05) is 60.7 Å². The second-order valence-electron chi connectivity index (χ2n) is 3.83. The number of rotatable bonds is 4. The molecular formula is C14H11F3OS. The lowest BCUT2D eigenvalue weighted by Gasteiger charge is -2.18. The summed E-state index contributed by atoms with van der Waals surface area (Å²) in [5.41, 5.74) is -3.04. The number of halogens is 3. The highest BCUT2D eigenvalue weighted by molar-refractivity contribution is 7.95. The smallest absolute Gasteiger partial charge is 0.295 e. The average molecular weight is 284 g/mol. The lowest BCUT2D eigenvalue weighted by molar-refractivity contribution is -0.0410. The van der Waals surface area contributed by atoms with Crippen molar-refractivity contribution in [2.24, 2.45) is 0 Å². The highest BCUT2D eigenvalue weighted by Crippen LogP contribution is 2.38. The Morgan fingerprint density at radius 2 is 1.21 bits per heavy atom. The normalized spacial score (nSPS) is 11.8. The average Bonchev–Trinajstić information content (AvgIpc) is 2.40. The molecule has 2 aromatic carbocycles. The molecule has 0 aliphatic rings. The van der Waals surface area contributed by atoms with E-state index < -0.39 is 23.7 Å². The van der Waals surface area contributed by atoms with Crippen LogP contribution in [0.2, 0.25) is 0 Å². The molecule has 19 heavy (non-hydrogen) atoms. The predicted octanol–water partition coefficient (Wildman–Crippen LogP) is 4.96. The Kier molecular flexibility index (Phi) is 4.50. The molecule has 0 atom stereocenters. The van der Waals surface area contributed by atoms with E-state index in [2.05, 4.69) is 0 Å². The topological polar surface area (TPSA) is 9.23 Å². The van der Waals surface area contributed by atoms with Crippen LogP contribution in [-0.2, 0) is 4.18 Å². The standard InChI is InChI=1S/C14H11F3OS/c15-14(16,17)19-18-13(11-7-3-1-4-8-11)12-9-5-2-6-10-12/h1-10,13H. The molecule has 0 N–H and O–H groups in total. The summed E-state index contributed by atoms with van der Waals surface area (Å²) in [7, 11) is 0. The highest BCUT2D eigenvalue weighted by atomic mass is 32.2. The first-order valence-corrected chi connectivity index (χ1v) is 6.31. The van der Waals surface area contributed by atoms with Crippen molar-refractivity contribution in [2.75, 3.05) is 0 Å². The summed E-state index contributed by atoms with van der Waals surface area (Å²) in [4.78, 5) is 0. The summed E-state index contributed by atoms with van der Waals surface area (Å²) in [6.07, 6.45) is -0.742. The molecule has 100 valence electrons. The van der Waals surface area contributed by atoms with E-state index in [1.807, 2.05) is 12.1 Å². The lowest BCUT2D eigenvalue weighted by atomic mass is 10.0. The highest BCUT2D eigenvalue weighted by Gasteiger charge is 2.32. The molecule has 0 unspecified atom stereocenters. The van der Waals surface area contributed by atoms with E-state index in [1.165, 1.54) is 0 Å². The Morgan fingerprint density at radius 1 is 0.789 bits per heavy atom. The Bertz CT molecular complexity index is 460.